The molecule has 2 atom stereocenters. The highest BCUT2D eigenvalue weighted by Crippen LogP contribution is 2.34. The Morgan fingerprint density at radius 2 is 2.39 bits per heavy atom. The standard InChI is InChI=1S/C13H15BrN4/c1-8(13-15-7-16-18-13)17-12-5-3-9-2-4-10(14)6-11(9)12/h2,4,6-8,12,17H,3,5H2,1H3,(H,15,16,18). The fraction of sp³-hybridized carbons (Fsp3) is 0.385. The number of halogens is 1. The van der Waals surface area contributed by atoms with Crippen molar-refractivity contribution in [3.05, 3.63) is 46.0 Å². The Morgan fingerprint density at radius 1 is 1.50 bits per heavy atom. The van der Waals surface area contributed by atoms with Crippen molar-refractivity contribution in [3.63, 3.8) is 0 Å². The number of H-pyrrole nitrogens is 1. The molecule has 2 N–H and O–H groups in total. The summed E-state index contributed by atoms with van der Waals surface area (Å²) in [6.45, 7) is 2.11. The summed E-state index contributed by atoms with van der Waals surface area (Å²) < 4.78 is 1.14. The highest BCUT2D eigenvalue weighted by Gasteiger charge is 2.24. The lowest BCUT2D eigenvalue weighted by molar-refractivity contribution is 0.451. The molecule has 0 bridgehead atoms. The third-order valence-electron chi connectivity index (χ3n) is 3.48. The van der Waals surface area contributed by atoms with Crippen molar-refractivity contribution in [2.24, 2.45) is 0 Å². The maximum absolute atomic E-state index is 4.19. The van der Waals surface area contributed by atoms with Crippen LogP contribution in [0.4, 0.5) is 0 Å². The minimum Gasteiger partial charge on any atom is -0.301 e. The van der Waals surface area contributed by atoms with Crippen molar-refractivity contribution in [1.82, 2.24) is 20.5 Å². The van der Waals surface area contributed by atoms with Gasteiger partial charge in [0.05, 0.1) is 6.04 Å². The largest absolute Gasteiger partial charge is 0.301 e. The van der Waals surface area contributed by atoms with Gasteiger partial charge in [-0.3, -0.25) is 5.10 Å². The molecule has 1 aliphatic carbocycles. The van der Waals surface area contributed by atoms with Crippen LogP contribution in [0.1, 0.15) is 42.4 Å². The molecule has 0 amide bonds. The Hall–Kier alpha value is -1.20. The van der Waals surface area contributed by atoms with Crippen LogP contribution in [0.5, 0.6) is 0 Å². The van der Waals surface area contributed by atoms with Crippen LogP contribution >= 0.6 is 15.9 Å². The molecule has 1 heterocycles. The van der Waals surface area contributed by atoms with Gasteiger partial charge in [0.1, 0.15) is 12.2 Å². The SMILES string of the molecule is CC(NC1CCc2ccc(Br)cc21)c1ncn[nH]1. The van der Waals surface area contributed by atoms with Crippen LogP contribution in [0.2, 0.25) is 0 Å². The van der Waals surface area contributed by atoms with Gasteiger partial charge in [0.15, 0.2) is 0 Å². The first-order valence-corrected chi connectivity index (χ1v) is 6.93. The lowest BCUT2D eigenvalue weighted by atomic mass is 10.1. The Morgan fingerprint density at radius 3 is 3.17 bits per heavy atom. The third kappa shape index (κ3) is 2.20. The molecule has 2 unspecified atom stereocenters. The van der Waals surface area contributed by atoms with Gasteiger partial charge in [0.25, 0.3) is 0 Å². The number of aromatic nitrogens is 3. The lowest BCUT2D eigenvalue weighted by Crippen LogP contribution is -2.23. The van der Waals surface area contributed by atoms with Crippen LogP contribution in [0.15, 0.2) is 29.0 Å². The molecule has 0 aliphatic heterocycles. The van der Waals surface area contributed by atoms with Crippen molar-refractivity contribution in [1.29, 1.82) is 0 Å². The number of aromatic amines is 1. The first-order valence-electron chi connectivity index (χ1n) is 6.13. The van der Waals surface area contributed by atoms with Crippen LogP contribution in [0, 0.1) is 0 Å². The molecule has 3 rings (SSSR count). The quantitative estimate of drug-likeness (QED) is 0.917. The third-order valence-corrected chi connectivity index (χ3v) is 3.97. The van der Waals surface area contributed by atoms with E-state index in [-0.39, 0.29) is 6.04 Å². The van der Waals surface area contributed by atoms with Gasteiger partial charge in [-0.2, -0.15) is 5.10 Å². The van der Waals surface area contributed by atoms with E-state index in [0.29, 0.717) is 6.04 Å². The van der Waals surface area contributed by atoms with Crippen LogP contribution in [0.25, 0.3) is 0 Å². The van der Waals surface area contributed by atoms with E-state index in [1.54, 1.807) is 6.33 Å². The number of rotatable bonds is 3. The normalized spacial score (nSPS) is 19.8. The first-order chi connectivity index (χ1) is 8.74. The summed E-state index contributed by atoms with van der Waals surface area (Å²) in [6, 6.07) is 7.12. The summed E-state index contributed by atoms with van der Waals surface area (Å²) in [5, 5.41) is 10.4. The van der Waals surface area contributed by atoms with Gasteiger partial charge in [-0.15, -0.1) is 0 Å². The fourth-order valence-corrected chi connectivity index (χ4v) is 2.93. The molecule has 0 saturated heterocycles. The molecule has 2 aromatic rings. The van der Waals surface area contributed by atoms with Gasteiger partial charge >= 0.3 is 0 Å². The van der Waals surface area contributed by atoms with Crippen molar-refractivity contribution in [2.75, 3.05) is 0 Å². The fourth-order valence-electron chi connectivity index (χ4n) is 2.55. The van der Waals surface area contributed by atoms with Crippen LogP contribution < -0.4 is 5.32 Å². The molecule has 0 saturated carbocycles. The van der Waals surface area contributed by atoms with Crippen molar-refractivity contribution >= 4 is 15.9 Å². The molecule has 0 spiro atoms. The van der Waals surface area contributed by atoms with Crippen LogP contribution in [-0.2, 0) is 6.42 Å². The molecule has 1 aromatic carbocycles. The van der Waals surface area contributed by atoms with Gasteiger partial charge in [-0.05, 0) is 43.0 Å². The van der Waals surface area contributed by atoms with Gasteiger partial charge < -0.3 is 5.32 Å². The summed E-state index contributed by atoms with van der Waals surface area (Å²) in [5.41, 5.74) is 2.84. The molecular weight excluding hydrogens is 292 g/mol. The summed E-state index contributed by atoms with van der Waals surface area (Å²) in [5.74, 6) is 0.887. The smallest absolute Gasteiger partial charge is 0.141 e. The van der Waals surface area contributed by atoms with E-state index in [4.69, 9.17) is 0 Å². The number of hydrogen-bond acceptors (Lipinski definition) is 3. The summed E-state index contributed by atoms with van der Waals surface area (Å²) in [7, 11) is 0. The maximum atomic E-state index is 4.19. The zero-order valence-electron chi connectivity index (χ0n) is 10.2. The average molecular weight is 307 g/mol. The molecule has 1 aromatic heterocycles. The minimum atomic E-state index is 0.183. The Bertz CT molecular complexity index is 538. The summed E-state index contributed by atoms with van der Waals surface area (Å²) >= 11 is 3.54. The molecule has 18 heavy (non-hydrogen) atoms. The second kappa shape index (κ2) is 4.82. The molecule has 94 valence electrons. The van der Waals surface area contributed by atoms with E-state index in [9.17, 15) is 0 Å². The monoisotopic (exact) mass is 306 g/mol. The Labute approximate surface area is 114 Å². The van der Waals surface area contributed by atoms with Crippen molar-refractivity contribution in [3.8, 4) is 0 Å². The minimum absolute atomic E-state index is 0.183. The van der Waals surface area contributed by atoms with Crippen LogP contribution in [-0.4, -0.2) is 15.2 Å². The van der Waals surface area contributed by atoms with E-state index >= 15 is 0 Å². The van der Waals surface area contributed by atoms with Crippen molar-refractivity contribution in [2.45, 2.75) is 31.8 Å². The van der Waals surface area contributed by atoms with E-state index in [0.717, 1.165) is 23.1 Å². The number of aryl methyl sites for hydroxylation is 1. The Balaban J connectivity index is 1.78. The summed E-state index contributed by atoms with van der Waals surface area (Å²) in [4.78, 5) is 4.19. The number of benzene rings is 1. The zero-order valence-corrected chi connectivity index (χ0v) is 11.7. The van der Waals surface area contributed by atoms with Crippen LogP contribution in [0.3, 0.4) is 0 Å². The average Bonchev–Trinajstić information content (AvgIpc) is 2.99. The lowest BCUT2D eigenvalue weighted by Gasteiger charge is -2.18. The number of fused-ring (bicyclic) bond motifs is 1. The van der Waals surface area contributed by atoms with Gasteiger partial charge in [0.2, 0.25) is 0 Å². The number of nitrogens with zero attached hydrogens (tertiary/aromatic N) is 2. The number of hydrogen-bond donors (Lipinski definition) is 2. The topological polar surface area (TPSA) is 53.6 Å². The van der Waals surface area contributed by atoms with Gasteiger partial charge in [0, 0.05) is 10.5 Å². The second-order valence-electron chi connectivity index (χ2n) is 4.69. The second-order valence-corrected chi connectivity index (χ2v) is 5.61. The molecule has 4 nitrogen and oxygen atoms in total. The zero-order chi connectivity index (χ0) is 12.5. The maximum Gasteiger partial charge on any atom is 0.141 e. The van der Waals surface area contributed by atoms with E-state index in [1.165, 1.54) is 11.1 Å². The molecule has 5 heteroatoms. The first kappa shape index (κ1) is 11.9. The summed E-state index contributed by atoms with van der Waals surface area (Å²) in [6.07, 6.45) is 3.83. The predicted molar refractivity (Wildman–Crippen MR) is 73.1 cm³/mol. The van der Waals surface area contributed by atoms with E-state index < -0.39 is 0 Å². The Kier molecular flexibility index (Phi) is 3.18. The van der Waals surface area contributed by atoms with Gasteiger partial charge in [-0.1, -0.05) is 22.0 Å². The molecular formula is C13H15BrN4. The highest BCUT2D eigenvalue weighted by molar-refractivity contribution is 9.10. The predicted octanol–water partition coefficient (Wildman–Crippen LogP) is 2.91. The molecule has 0 fully saturated rings. The van der Waals surface area contributed by atoms with E-state index in [2.05, 4.69) is 61.6 Å². The number of nitrogens with one attached hydrogen (secondary N) is 2. The highest BCUT2D eigenvalue weighted by atomic mass is 79.9. The molecule has 0 radical (unpaired) electrons. The van der Waals surface area contributed by atoms with Crippen molar-refractivity contribution < 1.29 is 0 Å². The molecule has 1 aliphatic rings. The van der Waals surface area contributed by atoms with E-state index in [1.807, 2.05) is 0 Å². The van der Waals surface area contributed by atoms with Gasteiger partial charge in [-0.25, -0.2) is 4.98 Å².